The van der Waals surface area contributed by atoms with Crippen LogP contribution < -0.4 is 4.90 Å². The Balaban J connectivity index is 1.90. The predicted molar refractivity (Wildman–Crippen MR) is 141 cm³/mol. The Morgan fingerprint density at radius 3 is 2.57 bits per heavy atom. The van der Waals surface area contributed by atoms with Gasteiger partial charge in [-0.3, -0.25) is 9.79 Å². The first kappa shape index (κ1) is 25.5. The van der Waals surface area contributed by atoms with Crippen molar-refractivity contribution in [3.8, 4) is 0 Å². The van der Waals surface area contributed by atoms with E-state index in [1.54, 1.807) is 17.9 Å². The number of halogens is 1. The van der Waals surface area contributed by atoms with Crippen LogP contribution in [0.15, 0.2) is 28.4 Å². The lowest BCUT2D eigenvalue weighted by Crippen LogP contribution is -2.35. The number of ketones is 1. The van der Waals surface area contributed by atoms with Crippen molar-refractivity contribution in [3.05, 3.63) is 34.8 Å². The highest BCUT2D eigenvalue weighted by Crippen LogP contribution is 2.43. The number of carbonyl (C=O) groups excluding carboxylic acids is 1. The van der Waals surface area contributed by atoms with Gasteiger partial charge in [0.2, 0.25) is 5.78 Å². The van der Waals surface area contributed by atoms with E-state index in [1.807, 2.05) is 19.1 Å². The van der Waals surface area contributed by atoms with Crippen LogP contribution in [0.2, 0.25) is 0 Å². The normalized spacial score (nSPS) is 18.2. The Bertz CT molecular complexity index is 1140. The molecule has 188 valence electrons. The van der Waals surface area contributed by atoms with E-state index >= 15 is 0 Å². The minimum atomic E-state index is -0.161. The summed E-state index contributed by atoms with van der Waals surface area (Å²) in [6, 6.07) is 1.93. The molecule has 0 bridgehead atoms. The molecular weight excluding hydrogens is 466 g/mol. The molecule has 2 aromatic rings. The molecule has 35 heavy (non-hydrogen) atoms. The SMILES string of the molecule is C=N/C(Cl)=C\C(=C/C)n1nc(C2CCC2)c2c(N3CCC(COC)CC3)cc(C(=O)COC)nc21. The fourth-order valence-electron chi connectivity index (χ4n) is 4.88. The zero-order chi connectivity index (χ0) is 24.9. The maximum absolute atomic E-state index is 12.9. The van der Waals surface area contributed by atoms with E-state index in [0.717, 1.165) is 67.8 Å². The highest BCUT2D eigenvalue weighted by atomic mass is 35.5. The smallest absolute Gasteiger partial charge is 0.206 e. The molecule has 2 aromatic heterocycles. The average Bonchev–Trinajstić information content (AvgIpc) is 3.20. The molecule has 0 amide bonds. The van der Waals surface area contributed by atoms with Crippen LogP contribution in [0.5, 0.6) is 0 Å². The number of nitrogens with zero attached hydrogens (tertiary/aromatic N) is 5. The van der Waals surface area contributed by atoms with Gasteiger partial charge in [-0.2, -0.15) is 5.10 Å². The molecule has 2 aliphatic rings. The van der Waals surface area contributed by atoms with E-state index < -0.39 is 0 Å². The largest absolute Gasteiger partial charge is 0.384 e. The zero-order valence-corrected chi connectivity index (χ0v) is 21.6. The van der Waals surface area contributed by atoms with Crippen molar-refractivity contribution in [1.29, 1.82) is 0 Å². The number of piperidine rings is 1. The number of ether oxygens (including phenoxy) is 2. The first-order valence-corrected chi connectivity index (χ1v) is 12.6. The lowest BCUT2D eigenvalue weighted by molar-refractivity contribution is 0.0843. The summed E-state index contributed by atoms with van der Waals surface area (Å²) in [5.41, 5.74) is 3.81. The third kappa shape index (κ3) is 5.34. The van der Waals surface area contributed by atoms with Crippen LogP contribution in [0.4, 0.5) is 5.69 Å². The summed E-state index contributed by atoms with van der Waals surface area (Å²) in [4.78, 5) is 23.9. The van der Waals surface area contributed by atoms with Crippen molar-refractivity contribution in [3.63, 3.8) is 0 Å². The van der Waals surface area contributed by atoms with Crippen molar-refractivity contribution in [2.24, 2.45) is 10.9 Å². The van der Waals surface area contributed by atoms with Crippen LogP contribution in [-0.4, -0.2) is 67.8 Å². The number of fused-ring (bicyclic) bond motifs is 1. The molecule has 3 heterocycles. The van der Waals surface area contributed by atoms with Gasteiger partial charge in [0, 0.05) is 45.9 Å². The summed E-state index contributed by atoms with van der Waals surface area (Å²) >= 11 is 6.20. The lowest BCUT2D eigenvalue weighted by Gasteiger charge is -2.34. The monoisotopic (exact) mass is 499 g/mol. The van der Waals surface area contributed by atoms with Crippen LogP contribution >= 0.6 is 11.6 Å². The number of hydrogen-bond donors (Lipinski definition) is 0. The number of aliphatic imine (C=N–C) groups is 1. The number of hydrogen-bond acceptors (Lipinski definition) is 7. The quantitative estimate of drug-likeness (QED) is 0.197. The maximum atomic E-state index is 12.9. The van der Waals surface area contributed by atoms with Gasteiger partial charge < -0.3 is 14.4 Å². The summed E-state index contributed by atoms with van der Waals surface area (Å²) in [5, 5.41) is 6.33. The van der Waals surface area contributed by atoms with E-state index in [1.165, 1.54) is 13.5 Å². The molecule has 8 nitrogen and oxygen atoms in total. The molecule has 4 rings (SSSR count). The molecule has 2 fully saturated rings. The number of pyridine rings is 1. The van der Waals surface area contributed by atoms with Gasteiger partial charge in [0.05, 0.1) is 22.5 Å². The Hall–Kier alpha value is -2.55. The Morgan fingerprint density at radius 2 is 2.00 bits per heavy atom. The number of carbonyl (C=O) groups is 1. The first-order valence-electron chi connectivity index (χ1n) is 12.2. The molecule has 1 saturated heterocycles. The van der Waals surface area contributed by atoms with Gasteiger partial charge in [0.15, 0.2) is 5.65 Å². The number of rotatable bonds is 10. The Morgan fingerprint density at radius 1 is 1.26 bits per heavy atom. The van der Waals surface area contributed by atoms with E-state index in [9.17, 15) is 4.79 Å². The average molecular weight is 500 g/mol. The van der Waals surface area contributed by atoms with E-state index in [-0.39, 0.29) is 17.5 Å². The summed E-state index contributed by atoms with van der Waals surface area (Å²) in [5.74, 6) is 0.762. The number of Topliss-reactive ketones (excluding diaryl/α,β-unsaturated/α-hetero) is 1. The second kappa shape index (κ2) is 11.5. The van der Waals surface area contributed by atoms with Crippen LogP contribution in [-0.2, 0) is 9.47 Å². The molecule has 0 unspecified atom stereocenters. The van der Waals surface area contributed by atoms with Crippen LogP contribution in [0.3, 0.4) is 0 Å². The van der Waals surface area contributed by atoms with Crippen LogP contribution in [0.1, 0.15) is 61.1 Å². The molecule has 0 radical (unpaired) electrons. The molecule has 1 aliphatic carbocycles. The molecular formula is C26H34ClN5O3. The summed E-state index contributed by atoms with van der Waals surface area (Å²) in [7, 11) is 3.27. The van der Waals surface area contributed by atoms with E-state index in [0.29, 0.717) is 23.2 Å². The predicted octanol–water partition coefficient (Wildman–Crippen LogP) is 5.03. The van der Waals surface area contributed by atoms with Crippen molar-refractivity contribution in [1.82, 2.24) is 14.8 Å². The molecule has 0 atom stereocenters. The summed E-state index contributed by atoms with van der Waals surface area (Å²) < 4.78 is 12.3. The van der Waals surface area contributed by atoms with Crippen molar-refractivity contribution >= 4 is 46.5 Å². The van der Waals surface area contributed by atoms with Gasteiger partial charge in [-0.25, -0.2) is 9.67 Å². The highest BCUT2D eigenvalue weighted by molar-refractivity contribution is 6.30. The molecule has 1 saturated carbocycles. The third-order valence-electron chi connectivity index (χ3n) is 7.01. The molecule has 0 N–H and O–H groups in total. The Labute approximate surface area is 211 Å². The molecule has 9 heteroatoms. The maximum Gasteiger partial charge on any atom is 0.206 e. The number of methoxy groups -OCH3 is 2. The van der Waals surface area contributed by atoms with Crippen LogP contribution in [0.25, 0.3) is 16.7 Å². The zero-order valence-electron chi connectivity index (χ0n) is 20.8. The van der Waals surface area contributed by atoms with Gasteiger partial charge >= 0.3 is 0 Å². The van der Waals surface area contributed by atoms with Gasteiger partial charge in [-0.15, -0.1) is 0 Å². The van der Waals surface area contributed by atoms with Gasteiger partial charge in [-0.05, 0) is 51.3 Å². The van der Waals surface area contributed by atoms with Gasteiger partial charge in [-0.1, -0.05) is 24.1 Å². The number of aromatic nitrogens is 3. The summed E-state index contributed by atoms with van der Waals surface area (Å²) in [6.45, 7) is 7.96. The molecule has 1 aliphatic heterocycles. The molecule has 0 aromatic carbocycles. The fraction of sp³-hybridized carbons (Fsp3) is 0.538. The van der Waals surface area contributed by atoms with Crippen molar-refractivity contribution in [2.45, 2.75) is 44.9 Å². The number of allylic oxidation sites excluding steroid dienone is 3. The number of anilines is 1. The minimum Gasteiger partial charge on any atom is -0.384 e. The van der Waals surface area contributed by atoms with Crippen molar-refractivity contribution in [2.75, 3.05) is 45.4 Å². The molecule has 0 spiro atoms. The highest BCUT2D eigenvalue weighted by Gasteiger charge is 2.31. The fourth-order valence-corrected chi connectivity index (χ4v) is 4.99. The van der Waals surface area contributed by atoms with Gasteiger partial charge in [0.1, 0.15) is 17.5 Å². The topological polar surface area (TPSA) is 81.8 Å². The van der Waals surface area contributed by atoms with E-state index in [2.05, 4.69) is 16.6 Å². The van der Waals surface area contributed by atoms with E-state index in [4.69, 9.17) is 31.2 Å². The first-order chi connectivity index (χ1) is 17.0. The minimum absolute atomic E-state index is 0.0277. The lowest BCUT2D eigenvalue weighted by atomic mass is 9.81. The standard InChI is InChI=1S/C26H34ClN5O3/c1-5-19(13-23(27)28-2)32-26-24(25(30-32)18-7-6-8-18)21(14-20(29-26)22(33)16-35-4)31-11-9-17(10-12-31)15-34-3/h5,13-14,17-18H,2,6-12,15-16H2,1,3-4H3/b19-5+,23-13-. The third-order valence-corrected chi connectivity index (χ3v) is 7.24. The van der Waals surface area contributed by atoms with Crippen molar-refractivity contribution < 1.29 is 14.3 Å². The van der Waals surface area contributed by atoms with Crippen LogP contribution in [0, 0.1) is 5.92 Å². The second-order valence-electron chi connectivity index (χ2n) is 9.23. The second-order valence-corrected chi connectivity index (χ2v) is 9.62. The van der Waals surface area contributed by atoms with Gasteiger partial charge in [0.25, 0.3) is 0 Å². The Kier molecular flexibility index (Phi) is 8.36. The summed E-state index contributed by atoms with van der Waals surface area (Å²) in [6.07, 6.45) is 9.09.